The zero-order valence-electron chi connectivity index (χ0n) is 15.2. The molecule has 27 heavy (non-hydrogen) atoms. The van der Waals surface area contributed by atoms with Crippen LogP contribution in [0.2, 0.25) is 0 Å². The largest absolute Gasteiger partial charge is 0.481 e. The summed E-state index contributed by atoms with van der Waals surface area (Å²) >= 11 is 0. The molecule has 146 valence electrons. The predicted octanol–water partition coefficient (Wildman–Crippen LogP) is 0.618. The smallest absolute Gasteiger partial charge is 0.264 e. The van der Waals surface area contributed by atoms with Crippen molar-refractivity contribution >= 4 is 15.7 Å². The van der Waals surface area contributed by atoms with Crippen molar-refractivity contribution in [1.29, 1.82) is 0 Å². The third kappa shape index (κ3) is 4.17. The maximum Gasteiger partial charge on any atom is 0.264 e. The highest BCUT2D eigenvalue weighted by Gasteiger charge is 2.43. The summed E-state index contributed by atoms with van der Waals surface area (Å²) in [6.45, 7) is 1.17. The lowest BCUT2D eigenvalue weighted by Gasteiger charge is -2.25. The Morgan fingerprint density at radius 3 is 2.67 bits per heavy atom. The van der Waals surface area contributed by atoms with Gasteiger partial charge in [0.15, 0.2) is 14.6 Å². The average Bonchev–Trinajstić information content (AvgIpc) is 2.65. The van der Waals surface area contributed by atoms with Gasteiger partial charge in [0, 0.05) is 36.8 Å². The summed E-state index contributed by atoms with van der Waals surface area (Å²) in [5.41, 5.74) is 2.24. The molecule has 0 aliphatic rings. The van der Waals surface area contributed by atoms with Gasteiger partial charge in [-0.25, -0.2) is 18.9 Å². The summed E-state index contributed by atoms with van der Waals surface area (Å²) in [5.74, 6) is -0.673. The van der Waals surface area contributed by atoms with E-state index in [2.05, 4.69) is 4.98 Å². The molecule has 2 N–H and O–H groups in total. The van der Waals surface area contributed by atoms with E-state index in [4.69, 9.17) is 9.94 Å². The van der Waals surface area contributed by atoms with Crippen molar-refractivity contribution in [2.45, 2.75) is 24.6 Å². The van der Waals surface area contributed by atoms with Crippen LogP contribution >= 0.6 is 0 Å². The molecule has 0 aliphatic heterocycles. The Labute approximate surface area is 156 Å². The molecular formula is C17H21N3O6S. The number of amides is 1. The van der Waals surface area contributed by atoms with Crippen LogP contribution in [0.25, 0.3) is 11.1 Å². The van der Waals surface area contributed by atoms with E-state index in [0.29, 0.717) is 17.0 Å². The summed E-state index contributed by atoms with van der Waals surface area (Å²) in [7, 11) is -2.35. The molecule has 1 atom stereocenters. The molecular weight excluding hydrogens is 374 g/mol. The van der Waals surface area contributed by atoms with Crippen LogP contribution in [-0.4, -0.2) is 47.2 Å². The number of hydroxylamine groups is 1. The Bertz CT molecular complexity index is 1000. The number of hydrogen-bond acceptors (Lipinski definition) is 7. The number of aryl methyl sites for hydroxylation is 1. The predicted molar refractivity (Wildman–Crippen MR) is 98.3 cm³/mol. The monoisotopic (exact) mass is 395 g/mol. The summed E-state index contributed by atoms with van der Waals surface area (Å²) in [4.78, 5) is 28.4. The maximum absolute atomic E-state index is 12.4. The normalized spacial score (nSPS) is 13.6. The lowest BCUT2D eigenvalue weighted by molar-refractivity contribution is -0.131. The number of hydrogen-bond donors (Lipinski definition) is 2. The number of ether oxygens (including phenoxy) is 1. The number of nitrogens with one attached hydrogen (secondary N) is 1. The quantitative estimate of drug-likeness (QED) is 0.519. The number of rotatable bonds is 7. The van der Waals surface area contributed by atoms with E-state index in [1.54, 1.807) is 24.4 Å². The molecule has 0 saturated heterocycles. The number of nitrogens with zero attached hydrogens (tertiary/aromatic N) is 2. The number of carbonyl (C=O) groups is 1. The van der Waals surface area contributed by atoms with Gasteiger partial charge < -0.3 is 9.30 Å². The summed E-state index contributed by atoms with van der Waals surface area (Å²) in [5, 5.41) is 8.85. The highest BCUT2D eigenvalue weighted by Crippen LogP contribution is 2.26. The Morgan fingerprint density at radius 2 is 2.11 bits per heavy atom. The van der Waals surface area contributed by atoms with Crippen LogP contribution < -0.4 is 15.8 Å². The first-order valence-electron chi connectivity index (χ1n) is 7.98. The van der Waals surface area contributed by atoms with Crippen LogP contribution in [0.1, 0.15) is 13.3 Å². The lowest BCUT2D eigenvalue weighted by Crippen LogP contribution is -2.49. The van der Waals surface area contributed by atoms with Gasteiger partial charge in [0.1, 0.15) is 0 Å². The molecule has 0 radical (unpaired) electrons. The van der Waals surface area contributed by atoms with Crippen LogP contribution in [0.5, 0.6) is 5.88 Å². The van der Waals surface area contributed by atoms with E-state index in [0.717, 1.165) is 6.26 Å². The van der Waals surface area contributed by atoms with Crippen molar-refractivity contribution in [2.75, 3.05) is 13.4 Å². The number of pyridine rings is 2. The molecule has 0 aliphatic carbocycles. The van der Waals surface area contributed by atoms with Crippen LogP contribution in [0.3, 0.4) is 0 Å². The average molecular weight is 395 g/mol. The van der Waals surface area contributed by atoms with Crippen molar-refractivity contribution in [2.24, 2.45) is 0 Å². The molecule has 2 aromatic rings. The van der Waals surface area contributed by atoms with E-state index in [1.807, 2.05) is 0 Å². The molecule has 1 unspecified atom stereocenters. The topological polar surface area (TPSA) is 128 Å². The minimum Gasteiger partial charge on any atom is -0.481 e. The third-order valence-corrected chi connectivity index (χ3v) is 6.53. The van der Waals surface area contributed by atoms with Gasteiger partial charge in [-0.15, -0.1) is 0 Å². The van der Waals surface area contributed by atoms with Crippen LogP contribution in [0, 0.1) is 0 Å². The number of aromatic nitrogens is 2. The second kappa shape index (κ2) is 7.89. The first kappa shape index (κ1) is 20.6. The Hall–Kier alpha value is -2.72. The van der Waals surface area contributed by atoms with Gasteiger partial charge in [-0.05, 0) is 37.1 Å². The van der Waals surface area contributed by atoms with Gasteiger partial charge in [0.2, 0.25) is 5.88 Å². The molecule has 2 aromatic heterocycles. The fraction of sp³-hybridized carbons (Fsp3) is 0.353. The van der Waals surface area contributed by atoms with Crippen LogP contribution in [0.15, 0.2) is 41.5 Å². The van der Waals surface area contributed by atoms with Gasteiger partial charge >= 0.3 is 0 Å². The van der Waals surface area contributed by atoms with Gasteiger partial charge in [-0.2, -0.15) is 0 Å². The fourth-order valence-electron chi connectivity index (χ4n) is 2.55. The second-order valence-corrected chi connectivity index (χ2v) is 8.65. The molecule has 0 saturated carbocycles. The zero-order valence-corrected chi connectivity index (χ0v) is 16.0. The highest BCUT2D eigenvalue weighted by molar-refractivity contribution is 7.92. The van der Waals surface area contributed by atoms with Gasteiger partial charge in [0.25, 0.3) is 11.5 Å². The summed E-state index contributed by atoms with van der Waals surface area (Å²) in [6.07, 6.45) is 3.79. The molecule has 2 rings (SSSR count). The van der Waals surface area contributed by atoms with Gasteiger partial charge in [-0.3, -0.25) is 14.8 Å². The molecule has 10 heteroatoms. The van der Waals surface area contributed by atoms with Gasteiger partial charge in [0.05, 0.1) is 7.11 Å². The van der Waals surface area contributed by atoms with E-state index in [9.17, 15) is 18.0 Å². The molecule has 1 amide bonds. The van der Waals surface area contributed by atoms with Crippen LogP contribution in [-0.2, 0) is 21.2 Å². The van der Waals surface area contributed by atoms with E-state index < -0.39 is 20.5 Å². The standard InChI is InChI=1S/C17H21N3O6S/c1-17(16(22)19-23,27(3,24)25)7-10-20-9-6-12(11-14(20)21)13-5-4-8-18-15(13)26-2/h4-6,8-9,11,23H,7,10H2,1-3H3,(H,19,22). The molecule has 0 fully saturated rings. The van der Waals surface area contributed by atoms with Crippen molar-refractivity contribution in [3.05, 3.63) is 47.0 Å². The second-order valence-electron chi connectivity index (χ2n) is 6.20. The van der Waals surface area contributed by atoms with Crippen LogP contribution in [0.4, 0.5) is 0 Å². The Morgan fingerprint density at radius 1 is 1.41 bits per heavy atom. The fourth-order valence-corrected chi connectivity index (χ4v) is 3.40. The minimum absolute atomic E-state index is 0.0275. The summed E-state index contributed by atoms with van der Waals surface area (Å²) in [6, 6.07) is 6.53. The van der Waals surface area contributed by atoms with Gasteiger partial charge in [-0.1, -0.05) is 0 Å². The number of sulfone groups is 1. The molecule has 0 aromatic carbocycles. The van der Waals surface area contributed by atoms with Crippen molar-refractivity contribution < 1.29 is 23.2 Å². The van der Waals surface area contributed by atoms with E-state index in [-0.39, 0.29) is 18.5 Å². The third-order valence-electron chi connectivity index (χ3n) is 4.50. The maximum atomic E-state index is 12.4. The molecule has 2 heterocycles. The SMILES string of the molecule is COc1ncccc1-c1ccn(CCC(C)(C(=O)NO)S(C)(=O)=O)c(=O)c1. The van der Waals surface area contributed by atoms with Crippen molar-refractivity contribution in [3.8, 4) is 17.0 Å². The molecule has 9 nitrogen and oxygen atoms in total. The lowest BCUT2D eigenvalue weighted by atomic mass is 10.1. The molecule has 0 spiro atoms. The van der Waals surface area contributed by atoms with Crippen molar-refractivity contribution in [1.82, 2.24) is 15.0 Å². The van der Waals surface area contributed by atoms with E-state index >= 15 is 0 Å². The first-order chi connectivity index (χ1) is 12.6. The van der Waals surface area contributed by atoms with Crippen molar-refractivity contribution in [3.63, 3.8) is 0 Å². The summed E-state index contributed by atoms with van der Waals surface area (Å²) < 4.78 is 28.6. The number of carbonyl (C=O) groups excluding carboxylic acids is 1. The molecule has 0 bridgehead atoms. The Balaban J connectivity index is 2.31. The highest BCUT2D eigenvalue weighted by atomic mass is 32.2. The number of methoxy groups -OCH3 is 1. The Kier molecular flexibility index (Phi) is 6.01. The van der Waals surface area contributed by atoms with E-state index in [1.165, 1.54) is 36.3 Å². The zero-order chi connectivity index (χ0) is 20.2. The first-order valence-corrected chi connectivity index (χ1v) is 9.87. The minimum atomic E-state index is -3.83.